The van der Waals surface area contributed by atoms with E-state index >= 15 is 0 Å². The van der Waals surface area contributed by atoms with Gasteiger partial charge in [-0.3, -0.25) is 4.79 Å². The van der Waals surface area contributed by atoms with Gasteiger partial charge in [0.15, 0.2) is 0 Å². The average molecular weight is 353 g/mol. The van der Waals surface area contributed by atoms with Gasteiger partial charge >= 0.3 is 5.97 Å². The van der Waals surface area contributed by atoms with Crippen LogP contribution in [0.15, 0.2) is 48.5 Å². The number of hydrogen-bond donors (Lipinski definition) is 2. The molecule has 0 bridgehead atoms. The minimum atomic E-state index is -1.00. The summed E-state index contributed by atoms with van der Waals surface area (Å²) in [5.74, 6) is -1.20. The van der Waals surface area contributed by atoms with Crippen molar-refractivity contribution in [1.29, 1.82) is 0 Å². The maximum atomic E-state index is 12.5. The lowest BCUT2D eigenvalue weighted by Crippen LogP contribution is -2.45. The fourth-order valence-electron chi connectivity index (χ4n) is 3.59. The van der Waals surface area contributed by atoms with Crippen molar-refractivity contribution < 1.29 is 19.4 Å². The third-order valence-electron chi connectivity index (χ3n) is 5.15. The number of aryl methyl sites for hydroxylation is 1. The number of carboxylic acid groups (broad SMARTS) is 1. The summed E-state index contributed by atoms with van der Waals surface area (Å²) in [5, 5.41) is 12.0. The lowest BCUT2D eigenvalue weighted by Gasteiger charge is -2.39. The summed E-state index contributed by atoms with van der Waals surface area (Å²) in [6.45, 7) is 3.98. The lowest BCUT2D eigenvalue weighted by atomic mass is 9.72. The van der Waals surface area contributed by atoms with Crippen molar-refractivity contribution in [3.05, 3.63) is 70.8 Å². The highest BCUT2D eigenvalue weighted by molar-refractivity contribution is 5.95. The molecular weight excluding hydrogens is 330 g/mol. The number of carbonyl (C=O) groups is 2. The molecule has 0 aromatic heterocycles. The van der Waals surface area contributed by atoms with Crippen LogP contribution in [0.3, 0.4) is 0 Å². The summed E-state index contributed by atoms with van der Waals surface area (Å²) in [4.78, 5) is 23.5. The molecule has 0 atom stereocenters. The Morgan fingerprint density at radius 1 is 1.04 bits per heavy atom. The van der Waals surface area contributed by atoms with Gasteiger partial charge < -0.3 is 15.2 Å². The molecule has 0 spiro atoms. The van der Waals surface area contributed by atoms with Crippen molar-refractivity contribution in [2.45, 2.75) is 25.2 Å². The number of amides is 1. The van der Waals surface area contributed by atoms with E-state index in [9.17, 15) is 9.59 Å². The van der Waals surface area contributed by atoms with E-state index in [1.807, 2.05) is 12.1 Å². The standard InChI is InChI=1S/C21H23NO4/c1-15-4-2-3-5-18(15)21(10-12-26-13-11-21)14-22-19(23)16-6-8-17(9-7-16)20(24)25/h2-9H,10-14H2,1H3,(H,22,23)(H,24,25). The predicted molar refractivity (Wildman–Crippen MR) is 98.6 cm³/mol. The number of aromatic carboxylic acids is 1. The van der Waals surface area contributed by atoms with E-state index in [0.717, 1.165) is 12.8 Å². The molecular formula is C21H23NO4. The molecule has 26 heavy (non-hydrogen) atoms. The molecule has 1 fully saturated rings. The fourth-order valence-corrected chi connectivity index (χ4v) is 3.59. The third-order valence-corrected chi connectivity index (χ3v) is 5.15. The van der Waals surface area contributed by atoms with Crippen LogP contribution in [0.1, 0.15) is 44.7 Å². The zero-order valence-corrected chi connectivity index (χ0v) is 14.8. The number of nitrogens with one attached hydrogen (secondary N) is 1. The second kappa shape index (κ2) is 7.70. The van der Waals surface area contributed by atoms with Gasteiger partial charge in [-0.25, -0.2) is 4.79 Å². The molecule has 5 nitrogen and oxygen atoms in total. The molecule has 1 heterocycles. The van der Waals surface area contributed by atoms with Crippen LogP contribution in [0.25, 0.3) is 0 Å². The van der Waals surface area contributed by atoms with Crippen molar-refractivity contribution in [2.24, 2.45) is 0 Å². The van der Waals surface area contributed by atoms with Gasteiger partial charge in [0.25, 0.3) is 5.91 Å². The van der Waals surface area contributed by atoms with Crippen LogP contribution in [-0.2, 0) is 10.2 Å². The lowest BCUT2D eigenvalue weighted by molar-refractivity contribution is 0.0485. The first-order valence-corrected chi connectivity index (χ1v) is 8.77. The van der Waals surface area contributed by atoms with E-state index < -0.39 is 5.97 Å². The van der Waals surface area contributed by atoms with Gasteiger partial charge in [0.05, 0.1) is 5.56 Å². The van der Waals surface area contributed by atoms with Gasteiger partial charge in [-0.2, -0.15) is 0 Å². The second-order valence-corrected chi connectivity index (χ2v) is 6.77. The number of hydrogen-bond acceptors (Lipinski definition) is 3. The Balaban J connectivity index is 1.77. The van der Waals surface area contributed by atoms with Gasteiger partial charge in [0.1, 0.15) is 0 Å². The molecule has 3 rings (SSSR count). The first-order valence-electron chi connectivity index (χ1n) is 8.77. The molecule has 2 N–H and O–H groups in total. The van der Waals surface area contributed by atoms with E-state index in [1.54, 1.807) is 12.1 Å². The largest absolute Gasteiger partial charge is 0.478 e. The Bertz CT molecular complexity index is 792. The monoisotopic (exact) mass is 353 g/mol. The van der Waals surface area contributed by atoms with E-state index in [1.165, 1.54) is 23.3 Å². The van der Waals surface area contributed by atoms with Gasteiger partial charge in [-0.1, -0.05) is 24.3 Å². The molecule has 1 aliphatic rings. The van der Waals surface area contributed by atoms with Crippen molar-refractivity contribution in [3.63, 3.8) is 0 Å². The predicted octanol–water partition coefficient (Wildman–Crippen LogP) is 3.17. The van der Waals surface area contributed by atoms with Gasteiger partial charge in [0, 0.05) is 30.7 Å². The average Bonchev–Trinajstić information content (AvgIpc) is 2.67. The van der Waals surface area contributed by atoms with E-state index in [2.05, 4.69) is 24.4 Å². The van der Waals surface area contributed by atoms with Gasteiger partial charge in [0.2, 0.25) is 0 Å². The fraction of sp³-hybridized carbons (Fsp3) is 0.333. The summed E-state index contributed by atoms with van der Waals surface area (Å²) in [7, 11) is 0. The first-order chi connectivity index (χ1) is 12.5. The van der Waals surface area contributed by atoms with E-state index in [0.29, 0.717) is 25.3 Å². The summed E-state index contributed by atoms with van der Waals surface area (Å²) in [5.41, 5.74) is 2.96. The highest BCUT2D eigenvalue weighted by Gasteiger charge is 2.35. The molecule has 0 unspecified atom stereocenters. The summed E-state index contributed by atoms with van der Waals surface area (Å²) in [6, 6.07) is 14.3. The van der Waals surface area contributed by atoms with E-state index in [-0.39, 0.29) is 16.9 Å². The molecule has 2 aromatic rings. The second-order valence-electron chi connectivity index (χ2n) is 6.77. The van der Waals surface area contributed by atoms with Crippen LogP contribution < -0.4 is 5.32 Å². The number of benzene rings is 2. The Kier molecular flexibility index (Phi) is 5.38. The molecule has 136 valence electrons. The van der Waals surface area contributed by atoms with Crippen LogP contribution in [0.2, 0.25) is 0 Å². The molecule has 2 aromatic carbocycles. The minimum Gasteiger partial charge on any atom is -0.478 e. The number of ether oxygens (including phenoxy) is 1. The topological polar surface area (TPSA) is 75.6 Å². The normalized spacial score (nSPS) is 16.0. The first kappa shape index (κ1) is 18.1. The van der Waals surface area contributed by atoms with Crippen molar-refractivity contribution in [1.82, 2.24) is 5.32 Å². The van der Waals surface area contributed by atoms with Crippen LogP contribution in [0, 0.1) is 6.92 Å². The third kappa shape index (κ3) is 3.78. The van der Waals surface area contributed by atoms with Crippen molar-refractivity contribution in [2.75, 3.05) is 19.8 Å². The van der Waals surface area contributed by atoms with E-state index in [4.69, 9.17) is 9.84 Å². The van der Waals surface area contributed by atoms with Gasteiger partial charge in [-0.15, -0.1) is 0 Å². The molecule has 1 saturated heterocycles. The summed E-state index contributed by atoms with van der Waals surface area (Å²) in [6.07, 6.45) is 1.71. The quantitative estimate of drug-likeness (QED) is 0.866. The molecule has 1 aliphatic heterocycles. The highest BCUT2D eigenvalue weighted by atomic mass is 16.5. The molecule has 0 radical (unpaired) electrons. The zero-order chi connectivity index (χ0) is 18.6. The number of carbonyl (C=O) groups excluding carboxylic acids is 1. The highest BCUT2D eigenvalue weighted by Crippen LogP contribution is 2.36. The maximum Gasteiger partial charge on any atom is 0.335 e. The maximum absolute atomic E-state index is 12.5. The van der Waals surface area contributed by atoms with Gasteiger partial charge in [-0.05, 0) is 55.2 Å². The summed E-state index contributed by atoms with van der Waals surface area (Å²) < 4.78 is 5.54. The Morgan fingerprint density at radius 2 is 1.65 bits per heavy atom. The van der Waals surface area contributed by atoms with Crippen LogP contribution in [0.4, 0.5) is 0 Å². The summed E-state index contributed by atoms with van der Waals surface area (Å²) >= 11 is 0. The molecule has 0 saturated carbocycles. The Labute approximate surface area is 153 Å². The smallest absolute Gasteiger partial charge is 0.335 e. The van der Waals surface area contributed by atoms with Crippen LogP contribution in [0.5, 0.6) is 0 Å². The number of rotatable bonds is 5. The molecule has 0 aliphatic carbocycles. The van der Waals surface area contributed by atoms with Crippen LogP contribution in [-0.4, -0.2) is 36.7 Å². The van der Waals surface area contributed by atoms with Crippen molar-refractivity contribution >= 4 is 11.9 Å². The zero-order valence-electron chi connectivity index (χ0n) is 14.8. The Hall–Kier alpha value is -2.66. The SMILES string of the molecule is Cc1ccccc1C1(CNC(=O)c2ccc(C(=O)O)cc2)CCOCC1. The Morgan fingerprint density at radius 3 is 2.27 bits per heavy atom. The minimum absolute atomic E-state index is 0.139. The number of carboxylic acids is 1. The molecule has 5 heteroatoms. The molecule has 1 amide bonds. The van der Waals surface area contributed by atoms with Crippen LogP contribution >= 0.6 is 0 Å². The van der Waals surface area contributed by atoms with Crippen molar-refractivity contribution in [3.8, 4) is 0 Å².